The van der Waals surface area contributed by atoms with Crippen molar-refractivity contribution in [2.45, 2.75) is 13.5 Å². The molecule has 1 N–H and O–H groups in total. The van der Waals surface area contributed by atoms with Crippen LogP contribution in [0.4, 0.5) is 10.1 Å². The van der Waals surface area contributed by atoms with Gasteiger partial charge in [0.05, 0.1) is 12.0 Å². The topological polar surface area (TPSA) is 59.8 Å². The summed E-state index contributed by atoms with van der Waals surface area (Å²) in [5.74, 6) is -0.600. The van der Waals surface area contributed by atoms with Crippen LogP contribution < -0.4 is 5.32 Å². The van der Waals surface area contributed by atoms with E-state index < -0.39 is 0 Å². The maximum Gasteiger partial charge on any atom is 0.244 e. The lowest BCUT2D eigenvalue weighted by Crippen LogP contribution is -2.18. The van der Waals surface area contributed by atoms with E-state index in [1.807, 2.05) is 35.7 Å². The van der Waals surface area contributed by atoms with Crippen LogP contribution in [0.1, 0.15) is 5.56 Å². The van der Waals surface area contributed by atoms with Gasteiger partial charge >= 0.3 is 0 Å². The van der Waals surface area contributed by atoms with E-state index in [0.29, 0.717) is 16.9 Å². The van der Waals surface area contributed by atoms with E-state index in [0.717, 1.165) is 16.3 Å². The minimum absolute atomic E-state index is 0.0828. The molecule has 4 rings (SSSR count). The largest absolute Gasteiger partial charge is 0.327 e. The Balaban J connectivity index is 1.44. The molecule has 7 heteroatoms. The normalized spacial score (nSPS) is 10.8. The number of aromatic nitrogens is 3. The zero-order valence-electron chi connectivity index (χ0n) is 15.1. The van der Waals surface area contributed by atoms with Crippen LogP contribution in [0.15, 0.2) is 66.4 Å². The number of hydrogen-bond acceptors (Lipinski definition) is 4. The zero-order chi connectivity index (χ0) is 19.5. The molecule has 4 aromatic rings. The number of benzene rings is 2. The lowest BCUT2D eigenvalue weighted by Gasteiger charge is -2.06. The Hall–Kier alpha value is -3.32. The van der Waals surface area contributed by atoms with Crippen LogP contribution in [0.5, 0.6) is 0 Å². The average molecular weight is 392 g/mol. The Bertz CT molecular complexity index is 1120. The highest BCUT2D eigenvalue weighted by Gasteiger charge is 2.11. The molecule has 140 valence electrons. The number of aryl methyl sites for hydroxylation is 1. The highest BCUT2D eigenvalue weighted by Crippen LogP contribution is 2.27. The van der Waals surface area contributed by atoms with Gasteiger partial charge in [0.2, 0.25) is 5.91 Å². The maximum absolute atomic E-state index is 13.6. The van der Waals surface area contributed by atoms with Gasteiger partial charge in [0, 0.05) is 22.8 Å². The van der Waals surface area contributed by atoms with Gasteiger partial charge in [0.25, 0.3) is 0 Å². The number of nitrogens with zero attached hydrogens (tertiary/aromatic N) is 3. The molecular formula is C21H17FN4OS. The van der Waals surface area contributed by atoms with Crippen LogP contribution >= 0.6 is 11.3 Å². The van der Waals surface area contributed by atoms with E-state index in [1.54, 1.807) is 36.1 Å². The highest BCUT2D eigenvalue weighted by molar-refractivity contribution is 7.13. The number of imidazole rings is 1. The van der Waals surface area contributed by atoms with Gasteiger partial charge in [-0.05, 0) is 24.6 Å². The second-order valence-corrected chi connectivity index (χ2v) is 7.21. The quantitative estimate of drug-likeness (QED) is 0.533. The minimum Gasteiger partial charge on any atom is -0.327 e. The second-order valence-electron chi connectivity index (χ2n) is 6.35. The summed E-state index contributed by atoms with van der Waals surface area (Å²) in [6.07, 6.45) is 3.37. The smallest absolute Gasteiger partial charge is 0.244 e. The van der Waals surface area contributed by atoms with E-state index in [1.165, 1.54) is 17.4 Å². The van der Waals surface area contributed by atoms with E-state index >= 15 is 0 Å². The van der Waals surface area contributed by atoms with E-state index in [4.69, 9.17) is 0 Å². The highest BCUT2D eigenvalue weighted by atomic mass is 32.1. The molecule has 0 saturated carbocycles. The van der Waals surface area contributed by atoms with Crippen LogP contribution in [-0.2, 0) is 11.3 Å². The number of nitrogens with one attached hydrogen (secondary N) is 1. The number of hydrogen-bond donors (Lipinski definition) is 1. The van der Waals surface area contributed by atoms with Crippen molar-refractivity contribution in [1.29, 1.82) is 0 Å². The lowest BCUT2D eigenvalue weighted by atomic mass is 10.2. The standard InChI is InChI=1S/C21H17FN4OS/c1-14-7-8-16(9-17(14)22)24-20(27)11-26-10-18(23-13-26)21-25-19(12-28-21)15-5-3-2-4-6-15/h2-10,12-13H,11H2,1H3,(H,24,27). The van der Waals surface area contributed by atoms with Gasteiger partial charge < -0.3 is 9.88 Å². The molecule has 2 aromatic carbocycles. The third-order valence-electron chi connectivity index (χ3n) is 4.21. The summed E-state index contributed by atoms with van der Waals surface area (Å²) in [5, 5.41) is 5.47. The summed E-state index contributed by atoms with van der Waals surface area (Å²) in [6, 6.07) is 14.6. The van der Waals surface area contributed by atoms with Gasteiger partial charge in [0.1, 0.15) is 23.1 Å². The van der Waals surface area contributed by atoms with Gasteiger partial charge in [-0.3, -0.25) is 4.79 Å². The van der Waals surface area contributed by atoms with E-state index in [-0.39, 0.29) is 18.3 Å². The first-order chi connectivity index (χ1) is 13.6. The van der Waals surface area contributed by atoms with Gasteiger partial charge in [-0.1, -0.05) is 36.4 Å². The number of halogens is 1. The molecule has 0 bridgehead atoms. The van der Waals surface area contributed by atoms with Crippen molar-refractivity contribution in [3.63, 3.8) is 0 Å². The van der Waals surface area contributed by atoms with Crippen molar-refractivity contribution < 1.29 is 9.18 Å². The summed E-state index contributed by atoms with van der Waals surface area (Å²) >= 11 is 1.51. The summed E-state index contributed by atoms with van der Waals surface area (Å²) in [7, 11) is 0. The molecule has 0 aliphatic rings. The Morgan fingerprint density at radius 2 is 2.00 bits per heavy atom. The Kier molecular flexibility index (Phi) is 4.99. The summed E-state index contributed by atoms with van der Waals surface area (Å²) in [5.41, 5.74) is 3.63. The maximum atomic E-state index is 13.6. The second kappa shape index (κ2) is 7.74. The van der Waals surface area contributed by atoms with Crippen molar-refractivity contribution in [2.24, 2.45) is 0 Å². The summed E-state index contributed by atoms with van der Waals surface area (Å²) < 4.78 is 15.3. The van der Waals surface area contributed by atoms with Crippen molar-refractivity contribution in [3.05, 3.63) is 77.8 Å². The number of rotatable bonds is 5. The van der Waals surface area contributed by atoms with Gasteiger partial charge in [-0.15, -0.1) is 11.3 Å². The van der Waals surface area contributed by atoms with Crippen LogP contribution in [0, 0.1) is 12.7 Å². The van der Waals surface area contributed by atoms with Crippen LogP contribution in [0.3, 0.4) is 0 Å². The average Bonchev–Trinajstić information content (AvgIpc) is 3.35. The molecule has 0 aliphatic carbocycles. The van der Waals surface area contributed by atoms with Gasteiger partial charge in [-0.2, -0.15) is 0 Å². The third kappa shape index (κ3) is 3.99. The number of amides is 1. The molecule has 5 nitrogen and oxygen atoms in total. The molecule has 2 heterocycles. The molecule has 0 saturated heterocycles. The zero-order valence-corrected chi connectivity index (χ0v) is 15.9. The van der Waals surface area contributed by atoms with Crippen molar-refractivity contribution in [3.8, 4) is 22.0 Å². The predicted molar refractivity (Wildman–Crippen MR) is 109 cm³/mol. The Morgan fingerprint density at radius 1 is 1.18 bits per heavy atom. The monoisotopic (exact) mass is 392 g/mol. The lowest BCUT2D eigenvalue weighted by molar-refractivity contribution is -0.116. The van der Waals surface area contributed by atoms with E-state index in [9.17, 15) is 9.18 Å². The molecule has 0 spiro atoms. The number of thiazole rings is 1. The molecule has 0 unspecified atom stereocenters. The number of anilines is 1. The fourth-order valence-corrected chi connectivity index (χ4v) is 3.52. The molecule has 0 aliphatic heterocycles. The first-order valence-electron chi connectivity index (χ1n) is 8.67. The molecule has 0 atom stereocenters. The van der Waals surface area contributed by atoms with Crippen molar-refractivity contribution >= 4 is 22.9 Å². The predicted octanol–water partition coefficient (Wildman–Crippen LogP) is 4.76. The third-order valence-corrected chi connectivity index (χ3v) is 5.07. The van der Waals surface area contributed by atoms with Crippen molar-refractivity contribution in [2.75, 3.05) is 5.32 Å². The van der Waals surface area contributed by atoms with Crippen LogP contribution in [-0.4, -0.2) is 20.4 Å². The fraction of sp³-hybridized carbons (Fsp3) is 0.0952. The summed E-state index contributed by atoms with van der Waals surface area (Å²) in [4.78, 5) is 21.2. The van der Waals surface area contributed by atoms with Crippen molar-refractivity contribution in [1.82, 2.24) is 14.5 Å². The van der Waals surface area contributed by atoms with Gasteiger partial charge in [-0.25, -0.2) is 14.4 Å². The summed E-state index contributed by atoms with van der Waals surface area (Å²) in [6.45, 7) is 1.76. The SMILES string of the molecule is Cc1ccc(NC(=O)Cn2cnc(-c3nc(-c4ccccc4)cs3)c2)cc1F. The van der Waals surface area contributed by atoms with Crippen LogP contribution in [0.2, 0.25) is 0 Å². The number of carbonyl (C=O) groups is 1. The minimum atomic E-state index is -0.347. The first-order valence-corrected chi connectivity index (χ1v) is 9.55. The molecule has 0 radical (unpaired) electrons. The molecule has 1 amide bonds. The first kappa shape index (κ1) is 18.1. The molecule has 0 fully saturated rings. The molecule has 28 heavy (non-hydrogen) atoms. The molecule has 2 aromatic heterocycles. The number of carbonyl (C=O) groups excluding carboxylic acids is 1. The Labute approximate surface area is 165 Å². The Morgan fingerprint density at radius 3 is 2.79 bits per heavy atom. The van der Waals surface area contributed by atoms with Crippen LogP contribution in [0.25, 0.3) is 22.0 Å². The van der Waals surface area contributed by atoms with Gasteiger partial charge in [0.15, 0.2) is 0 Å². The fourth-order valence-electron chi connectivity index (χ4n) is 2.73. The molecular weight excluding hydrogens is 375 g/mol. The van der Waals surface area contributed by atoms with E-state index in [2.05, 4.69) is 15.3 Å².